The van der Waals surface area contributed by atoms with Crippen LogP contribution in [-0.2, 0) is 4.74 Å². The van der Waals surface area contributed by atoms with E-state index in [1.807, 2.05) is 5.43 Å². The van der Waals surface area contributed by atoms with Crippen LogP contribution in [0.2, 0.25) is 0 Å². The summed E-state index contributed by atoms with van der Waals surface area (Å²) >= 11 is 8.41. The van der Waals surface area contributed by atoms with Gasteiger partial charge in [-0.15, -0.1) is 0 Å². The molecule has 0 aromatic carbocycles. The normalized spacial score (nSPS) is 6.82. The second kappa shape index (κ2) is 9.30. The lowest BCUT2D eigenvalue weighted by molar-refractivity contribution is 0.394. The van der Waals surface area contributed by atoms with Crippen molar-refractivity contribution in [3.05, 3.63) is 0 Å². The Bertz CT molecular complexity index is 125. The number of ether oxygens (including phenoxy) is 1. The number of thiocarbonyl (C=S) groups is 2. The zero-order valence-corrected chi connectivity index (χ0v) is 7.46. The molecule has 0 aliphatic rings. The van der Waals surface area contributed by atoms with Crippen molar-refractivity contribution in [1.29, 1.82) is 0 Å². The first-order valence-electron chi connectivity index (χ1n) is 2.32. The van der Waals surface area contributed by atoms with E-state index < -0.39 is 0 Å². The fourth-order valence-corrected chi connectivity index (χ4v) is 0.0589. The second-order valence-electron chi connectivity index (χ2n) is 1.09. The molecule has 0 atom stereocenters. The van der Waals surface area contributed by atoms with E-state index in [1.54, 1.807) is 0 Å². The summed E-state index contributed by atoms with van der Waals surface area (Å²) in [5, 5.41) is 7.68. The summed E-state index contributed by atoms with van der Waals surface area (Å²) in [7, 11) is 1.45. The molecule has 8 heteroatoms. The molecule has 11 heavy (non-hydrogen) atoms. The molecule has 0 radical (unpaired) electrons. The molecule has 0 heterocycles. The van der Waals surface area contributed by atoms with E-state index in [4.69, 9.17) is 10.9 Å². The van der Waals surface area contributed by atoms with E-state index in [0.717, 1.165) is 0 Å². The minimum absolute atomic E-state index is 0.204. The lowest BCUT2D eigenvalue weighted by Gasteiger charge is -1.94. The van der Waals surface area contributed by atoms with Crippen molar-refractivity contribution in [2.24, 2.45) is 11.7 Å². The van der Waals surface area contributed by atoms with Crippen molar-refractivity contribution in [2.45, 2.75) is 0 Å². The molecule has 0 fully saturated rings. The van der Waals surface area contributed by atoms with Crippen LogP contribution < -0.4 is 22.5 Å². The Morgan fingerprint density at radius 3 is 1.73 bits per heavy atom. The number of nitrogens with two attached hydrogens (primary N) is 2. The Labute approximate surface area is 74.8 Å². The van der Waals surface area contributed by atoms with Gasteiger partial charge in [0.1, 0.15) is 0 Å². The van der Waals surface area contributed by atoms with Gasteiger partial charge in [0.05, 0.1) is 7.11 Å². The molecular formula is C3H10N4O2S2. The first-order valence-corrected chi connectivity index (χ1v) is 3.14. The van der Waals surface area contributed by atoms with Crippen molar-refractivity contribution < 1.29 is 9.84 Å². The molecule has 0 bridgehead atoms. The number of aliphatic hydroxyl groups is 1. The Hall–Kier alpha value is -0.700. The average Bonchev–Trinajstić information content (AvgIpc) is 2.04. The fraction of sp³-hybridized carbons (Fsp3) is 0.333. The quantitative estimate of drug-likeness (QED) is 0.185. The Morgan fingerprint density at radius 2 is 1.73 bits per heavy atom. The molecule has 66 valence electrons. The average molecular weight is 198 g/mol. The first kappa shape index (κ1) is 12.9. The van der Waals surface area contributed by atoms with Gasteiger partial charge in [-0.2, -0.15) is 0 Å². The zero-order valence-electron chi connectivity index (χ0n) is 5.83. The maximum absolute atomic E-state index is 7.86. The minimum atomic E-state index is -0.384. The lowest BCUT2D eigenvalue weighted by atomic mass is 11.3. The summed E-state index contributed by atoms with van der Waals surface area (Å²) in [5.41, 5.74) is 3.94. The molecule has 0 spiro atoms. The standard InChI is InChI=1S/C2H6N2OS.CH4N2OS/c1-5-2(6)4-3;2-3-1(4)5/h3H2,1H3,(H,4,6);2H2,(H2,3,4,5). The Kier molecular flexibility index (Phi) is 10.9. The van der Waals surface area contributed by atoms with E-state index in [1.165, 1.54) is 7.11 Å². The Morgan fingerprint density at radius 1 is 1.36 bits per heavy atom. The summed E-state index contributed by atoms with van der Waals surface area (Å²) < 4.78 is 4.39. The van der Waals surface area contributed by atoms with E-state index in [2.05, 4.69) is 40.4 Å². The molecule has 7 N–H and O–H groups in total. The summed E-state index contributed by atoms with van der Waals surface area (Å²) in [6, 6.07) is 0. The molecule has 0 amide bonds. The molecule has 6 nitrogen and oxygen atoms in total. The van der Waals surface area contributed by atoms with Crippen molar-refractivity contribution in [3.8, 4) is 0 Å². The maximum Gasteiger partial charge on any atom is 0.270 e. The third-order valence-corrected chi connectivity index (χ3v) is 0.829. The van der Waals surface area contributed by atoms with Gasteiger partial charge in [-0.05, 0) is 24.4 Å². The van der Waals surface area contributed by atoms with Gasteiger partial charge in [0, 0.05) is 0 Å². The molecule has 0 aliphatic carbocycles. The molecular weight excluding hydrogens is 188 g/mol. The molecule has 0 aromatic heterocycles. The van der Waals surface area contributed by atoms with Gasteiger partial charge < -0.3 is 9.84 Å². The van der Waals surface area contributed by atoms with Crippen molar-refractivity contribution >= 4 is 34.8 Å². The van der Waals surface area contributed by atoms with E-state index in [0.29, 0.717) is 0 Å². The Balaban J connectivity index is 0. The molecule has 0 saturated heterocycles. The predicted molar refractivity (Wildman–Crippen MR) is 49.5 cm³/mol. The highest BCUT2D eigenvalue weighted by Gasteiger charge is 1.78. The van der Waals surface area contributed by atoms with E-state index >= 15 is 0 Å². The summed E-state index contributed by atoms with van der Waals surface area (Å²) in [6.07, 6.45) is 0. The number of hydrogen-bond donors (Lipinski definition) is 5. The van der Waals surface area contributed by atoms with Crippen LogP contribution >= 0.6 is 24.4 Å². The third-order valence-electron chi connectivity index (χ3n) is 0.427. The van der Waals surface area contributed by atoms with Crippen molar-refractivity contribution in [3.63, 3.8) is 0 Å². The fourth-order valence-electron chi connectivity index (χ4n) is 0.0589. The largest absolute Gasteiger partial charge is 0.486 e. The maximum atomic E-state index is 7.86. The number of hydrogen-bond acceptors (Lipinski definition) is 5. The molecule has 0 rings (SSSR count). The van der Waals surface area contributed by atoms with Gasteiger partial charge in [0.15, 0.2) is 0 Å². The minimum Gasteiger partial charge on any atom is -0.486 e. The molecule has 0 aromatic rings. The van der Waals surface area contributed by atoms with E-state index in [-0.39, 0.29) is 10.3 Å². The zero-order chi connectivity index (χ0) is 9.28. The van der Waals surface area contributed by atoms with Crippen LogP contribution in [0, 0.1) is 0 Å². The van der Waals surface area contributed by atoms with Crippen LogP contribution in [0.1, 0.15) is 0 Å². The van der Waals surface area contributed by atoms with Crippen molar-refractivity contribution in [1.82, 2.24) is 10.9 Å². The molecule has 0 unspecified atom stereocenters. The van der Waals surface area contributed by atoms with Crippen LogP contribution in [-0.4, -0.2) is 22.6 Å². The van der Waals surface area contributed by atoms with Gasteiger partial charge in [-0.3, -0.25) is 10.9 Å². The van der Waals surface area contributed by atoms with Gasteiger partial charge in [0.25, 0.3) is 10.3 Å². The predicted octanol–water partition coefficient (Wildman–Crippen LogP) is -1.33. The summed E-state index contributed by atoms with van der Waals surface area (Å²) in [4.78, 5) is 0. The number of methoxy groups -OCH3 is 1. The molecule has 0 aliphatic heterocycles. The third kappa shape index (κ3) is 17.6. The smallest absolute Gasteiger partial charge is 0.270 e. The van der Waals surface area contributed by atoms with Gasteiger partial charge in [-0.1, -0.05) is 0 Å². The highest BCUT2D eigenvalue weighted by Crippen LogP contribution is 1.62. The number of hydrazine groups is 2. The summed E-state index contributed by atoms with van der Waals surface area (Å²) in [5.74, 6) is 9.30. The highest BCUT2D eigenvalue weighted by atomic mass is 32.1. The summed E-state index contributed by atoms with van der Waals surface area (Å²) in [6.45, 7) is 0. The van der Waals surface area contributed by atoms with Crippen LogP contribution in [0.15, 0.2) is 0 Å². The number of nitrogens with one attached hydrogen (secondary N) is 2. The lowest BCUT2D eigenvalue weighted by Crippen LogP contribution is -2.29. The van der Waals surface area contributed by atoms with Crippen LogP contribution in [0.5, 0.6) is 0 Å². The van der Waals surface area contributed by atoms with Gasteiger partial charge in [-0.25, -0.2) is 11.7 Å². The highest BCUT2D eigenvalue weighted by molar-refractivity contribution is 7.80. The number of rotatable bonds is 0. The van der Waals surface area contributed by atoms with Crippen molar-refractivity contribution in [2.75, 3.05) is 7.11 Å². The van der Waals surface area contributed by atoms with Crippen LogP contribution in [0.4, 0.5) is 0 Å². The first-order chi connectivity index (χ1) is 5.08. The monoisotopic (exact) mass is 198 g/mol. The van der Waals surface area contributed by atoms with Gasteiger partial charge >= 0.3 is 0 Å². The van der Waals surface area contributed by atoms with Crippen LogP contribution in [0.25, 0.3) is 0 Å². The number of aliphatic hydroxyl groups excluding tert-OH is 1. The van der Waals surface area contributed by atoms with E-state index in [9.17, 15) is 0 Å². The van der Waals surface area contributed by atoms with Crippen LogP contribution in [0.3, 0.4) is 0 Å². The molecule has 0 saturated carbocycles. The SMILES string of the molecule is COC(=S)NN.NNC(O)=S. The second-order valence-corrected chi connectivity index (χ2v) is 1.84. The van der Waals surface area contributed by atoms with Gasteiger partial charge in [0.2, 0.25) is 0 Å². The topological polar surface area (TPSA) is 106 Å².